The summed E-state index contributed by atoms with van der Waals surface area (Å²) in [7, 11) is 1.64. The summed E-state index contributed by atoms with van der Waals surface area (Å²) in [5, 5.41) is 11.8. The predicted molar refractivity (Wildman–Crippen MR) is 63.1 cm³/mol. The van der Waals surface area contributed by atoms with Gasteiger partial charge in [-0.2, -0.15) is 0 Å². The van der Waals surface area contributed by atoms with Crippen molar-refractivity contribution >= 4 is 5.91 Å². The van der Waals surface area contributed by atoms with E-state index in [9.17, 15) is 4.79 Å². The number of amides is 1. The Morgan fingerprint density at radius 1 is 1.38 bits per heavy atom. The number of carbonyl (C=O) groups excluding carboxylic acids is 1. The summed E-state index contributed by atoms with van der Waals surface area (Å²) in [6, 6.07) is 7.04. The van der Waals surface area contributed by atoms with Crippen LogP contribution in [0.4, 0.5) is 0 Å². The molecule has 0 unspecified atom stereocenters. The van der Waals surface area contributed by atoms with E-state index in [1.165, 1.54) is 0 Å². The molecule has 0 radical (unpaired) electrons. The molecule has 0 atom stereocenters. The molecule has 2 N–H and O–H groups in total. The van der Waals surface area contributed by atoms with E-state index in [0.29, 0.717) is 13.1 Å². The number of nitrogens with zero attached hydrogens (tertiary/aromatic N) is 1. The van der Waals surface area contributed by atoms with Gasteiger partial charge in [-0.3, -0.25) is 9.69 Å². The third-order valence-corrected chi connectivity index (χ3v) is 2.44. The molecule has 0 spiro atoms. The molecule has 0 heterocycles. The third kappa shape index (κ3) is 3.90. The zero-order valence-electron chi connectivity index (χ0n) is 9.73. The fourth-order valence-corrected chi connectivity index (χ4v) is 1.42. The lowest BCUT2D eigenvalue weighted by molar-refractivity contribution is -0.121. The zero-order chi connectivity index (χ0) is 12.0. The van der Waals surface area contributed by atoms with Gasteiger partial charge in [0, 0.05) is 13.6 Å². The smallest absolute Gasteiger partial charge is 0.233 e. The maximum atomic E-state index is 11.2. The molecule has 0 aromatic heterocycles. The van der Waals surface area contributed by atoms with Crippen molar-refractivity contribution in [2.24, 2.45) is 0 Å². The largest absolute Gasteiger partial charge is 0.508 e. The van der Waals surface area contributed by atoms with Gasteiger partial charge in [-0.15, -0.1) is 0 Å². The van der Waals surface area contributed by atoms with Gasteiger partial charge in [0.1, 0.15) is 5.75 Å². The molecule has 0 aliphatic heterocycles. The minimum Gasteiger partial charge on any atom is -0.508 e. The Labute approximate surface area is 95.9 Å². The number of benzene rings is 1. The summed E-state index contributed by atoms with van der Waals surface area (Å²) in [6.07, 6.45) is 0. The first kappa shape index (κ1) is 12.5. The van der Waals surface area contributed by atoms with Gasteiger partial charge < -0.3 is 10.4 Å². The molecule has 0 saturated heterocycles. The summed E-state index contributed by atoms with van der Waals surface area (Å²) < 4.78 is 0. The van der Waals surface area contributed by atoms with Crippen LogP contribution in [0.3, 0.4) is 0 Å². The van der Waals surface area contributed by atoms with Gasteiger partial charge in [0.05, 0.1) is 6.54 Å². The Morgan fingerprint density at radius 3 is 2.50 bits per heavy atom. The molecular weight excluding hydrogens is 204 g/mol. The molecule has 16 heavy (non-hydrogen) atoms. The molecule has 4 nitrogen and oxygen atoms in total. The van der Waals surface area contributed by atoms with Gasteiger partial charge in [0.2, 0.25) is 5.91 Å². The topological polar surface area (TPSA) is 52.6 Å². The Hall–Kier alpha value is -1.55. The van der Waals surface area contributed by atoms with Crippen molar-refractivity contribution in [1.82, 2.24) is 10.2 Å². The number of likely N-dealkylation sites (N-methyl/N-ethyl adjacent to an activating group) is 2. The van der Waals surface area contributed by atoms with Crippen molar-refractivity contribution in [2.45, 2.75) is 13.5 Å². The van der Waals surface area contributed by atoms with Gasteiger partial charge in [-0.25, -0.2) is 0 Å². The number of rotatable bonds is 5. The number of hydrogen-bond acceptors (Lipinski definition) is 3. The second kappa shape index (κ2) is 6.12. The van der Waals surface area contributed by atoms with E-state index in [2.05, 4.69) is 5.32 Å². The molecule has 0 aliphatic rings. The second-order valence-electron chi connectivity index (χ2n) is 3.64. The molecule has 0 aliphatic carbocycles. The molecule has 0 fully saturated rings. The van der Waals surface area contributed by atoms with Crippen LogP contribution in [0.25, 0.3) is 0 Å². The van der Waals surface area contributed by atoms with Crippen LogP contribution in [0.2, 0.25) is 0 Å². The highest BCUT2D eigenvalue weighted by molar-refractivity contribution is 5.77. The fourth-order valence-electron chi connectivity index (χ4n) is 1.42. The lowest BCUT2D eigenvalue weighted by Gasteiger charge is -2.19. The number of phenolic OH excluding ortho intramolecular Hbond substituents is 1. The van der Waals surface area contributed by atoms with Crippen LogP contribution in [0, 0.1) is 0 Å². The molecule has 4 heteroatoms. The minimum atomic E-state index is 0.0145. The van der Waals surface area contributed by atoms with Gasteiger partial charge in [0.15, 0.2) is 0 Å². The van der Waals surface area contributed by atoms with Gasteiger partial charge in [0.25, 0.3) is 0 Å². The summed E-state index contributed by atoms with van der Waals surface area (Å²) in [6.45, 7) is 3.94. The third-order valence-electron chi connectivity index (χ3n) is 2.44. The fraction of sp³-hybridized carbons (Fsp3) is 0.417. The summed E-state index contributed by atoms with van der Waals surface area (Å²) >= 11 is 0. The van der Waals surface area contributed by atoms with Crippen LogP contribution in [0.1, 0.15) is 12.5 Å². The molecule has 88 valence electrons. The van der Waals surface area contributed by atoms with Gasteiger partial charge in [-0.1, -0.05) is 19.1 Å². The van der Waals surface area contributed by atoms with E-state index in [1.807, 2.05) is 24.0 Å². The van der Waals surface area contributed by atoms with E-state index in [1.54, 1.807) is 19.2 Å². The standard InChI is InChI=1S/C12H18N2O2/c1-3-14(9-12(16)13-2)8-10-4-6-11(15)7-5-10/h4-7,15H,3,8-9H2,1-2H3,(H,13,16). The summed E-state index contributed by atoms with van der Waals surface area (Å²) in [4.78, 5) is 13.3. The maximum absolute atomic E-state index is 11.2. The molecule has 1 aromatic carbocycles. The molecule has 1 rings (SSSR count). The number of aromatic hydroxyl groups is 1. The van der Waals surface area contributed by atoms with Crippen molar-refractivity contribution in [2.75, 3.05) is 20.1 Å². The average molecular weight is 222 g/mol. The van der Waals surface area contributed by atoms with Crippen molar-refractivity contribution in [3.8, 4) is 5.75 Å². The van der Waals surface area contributed by atoms with Crippen LogP contribution in [-0.4, -0.2) is 36.1 Å². The first-order valence-corrected chi connectivity index (χ1v) is 5.36. The first-order chi connectivity index (χ1) is 7.65. The van der Waals surface area contributed by atoms with Crippen molar-refractivity contribution < 1.29 is 9.90 Å². The van der Waals surface area contributed by atoms with Crippen molar-refractivity contribution in [3.63, 3.8) is 0 Å². The Morgan fingerprint density at radius 2 is 2.00 bits per heavy atom. The lowest BCUT2D eigenvalue weighted by atomic mass is 10.2. The Kier molecular flexibility index (Phi) is 4.79. The normalized spacial score (nSPS) is 10.4. The molecule has 0 bridgehead atoms. The number of nitrogens with one attached hydrogen (secondary N) is 1. The van der Waals surface area contributed by atoms with Gasteiger partial charge >= 0.3 is 0 Å². The van der Waals surface area contributed by atoms with Gasteiger partial charge in [-0.05, 0) is 24.2 Å². The van der Waals surface area contributed by atoms with Crippen LogP contribution in [-0.2, 0) is 11.3 Å². The predicted octanol–water partition coefficient (Wildman–Crippen LogP) is 0.960. The van der Waals surface area contributed by atoms with Crippen LogP contribution in [0.5, 0.6) is 5.75 Å². The number of carbonyl (C=O) groups is 1. The lowest BCUT2D eigenvalue weighted by Crippen LogP contribution is -2.35. The molecule has 0 saturated carbocycles. The Bertz CT molecular complexity index is 335. The van der Waals surface area contributed by atoms with Crippen molar-refractivity contribution in [1.29, 1.82) is 0 Å². The monoisotopic (exact) mass is 222 g/mol. The minimum absolute atomic E-state index is 0.0145. The Balaban J connectivity index is 2.56. The number of hydrogen-bond donors (Lipinski definition) is 2. The van der Waals surface area contributed by atoms with Crippen molar-refractivity contribution in [3.05, 3.63) is 29.8 Å². The molecule has 1 amide bonds. The van der Waals surface area contributed by atoms with Crippen LogP contribution in [0.15, 0.2) is 24.3 Å². The highest BCUT2D eigenvalue weighted by Crippen LogP contribution is 2.11. The van der Waals surface area contributed by atoms with Crippen LogP contribution >= 0.6 is 0 Å². The van der Waals surface area contributed by atoms with Crippen LogP contribution < -0.4 is 5.32 Å². The van der Waals surface area contributed by atoms with E-state index in [-0.39, 0.29) is 11.7 Å². The zero-order valence-corrected chi connectivity index (χ0v) is 9.73. The number of phenols is 1. The van der Waals surface area contributed by atoms with E-state index < -0.39 is 0 Å². The second-order valence-corrected chi connectivity index (χ2v) is 3.64. The summed E-state index contributed by atoms with van der Waals surface area (Å²) in [5.41, 5.74) is 1.09. The molecule has 1 aromatic rings. The highest BCUT2D eigenvalue weighted by atomic mass is 16.3. The van der Waals surface area contributed by atoms with E-state index in [0.717, 1.165) is 12.1 Å². The summed E-state index contributed by atoms with van der Waals surface area (Å²) in [5.74, 6) is 0.277. The SMILES string of the molecule is CCN(CC(=O)NC)Cc1ccc(O)cc1. The van der Waals surface area contributed by atoms with E-state index >= 15 is 0 Å². The maximum Gasteiger partial charge on any atom is 0.233 e. The first-order valence-electron chi connectivity index (χ1n) is 5.36. The van der Waals surface area contributed by atoms with E-state index in [4.69, 9.17) is 5.11 Å². The quantitative estimate of drug-likeness (QED) is 0.780. The average Bonchev–Trinajstić information content (AvgIpc) is 2.30. The molecular formula is C12H18N2O2. The highest BCUT2D eigenvalue weighted by Gasteiger charge is 2.07.